The van der Waals surface area contributed by atoms with Crippen molar-refractivity contribution in [1.82, 2.24) is 19.8 Å². The highest BCUT2D eigenvalue weighted by molar-refractivity contribution is 9.10. The number of hydrogen-bond acceptors (Lipinski definition) is 8. The van der Waals surface area contributed by atoms with Gasteiger partial charge in [0.15, 0.2) is 5.82 Å². The van der Waals surface area contributed by atoms with Crippen LogP contribution in [0.4, 0.5) is 19.4 Å². The van der Waals surface area contributed by atoms with Crippen LogP contribution in [0.2, 0.25) is 0 Å². The second-order valence-corrected chi connectivity index (χ2v) is 13.6. The topological polar surface area (TPSA) is 80.3 Å². The van der Waals surface area contributed by atoms with Gasteiger partial charge in [0.05, 0.1) is 28.8 Å². The van der Waals surface area contributed by atoms with Crippen molar-refractivity contribution in [2.24, 2.45) is 0 Å². The molecule has 1 amide bonds. The second kappa shape index (κ2) is 11.1. The molecule has 3 saturated heterocycles. The fraction of sp³-hybridized carbons (Fsp3) is 0.690. The number of nitrogens with zero attached hydrogens (tertiary/aromatic N) is 5. The molecule has 12 heteroatoms. The zero-order valence-electron chi connectivity index (χ0n) is 23.9. The van der Waals surface area contributed by atoms with E-state index in [1.165, 1.54) is 0 Å². The number of alkyl halides is 1. The minimum Gasteiger partial charge on any atom is -0.461 e. The number of aromatic nitrogens is 2. The highest BCUT2D eigenvalue weighted by Gasteiger charge is 2.49. The van der Waals surface area contributed by atoms with E-state index < -0.39 is 17.6 Å². The Labute approximate surface area is 247 Å². The number of carbonyl (C=O) groups is 1. The van der Waals surface area contributed by atoms with E-state index in [4.69, 9.17) is 19.2 Å². The van der Waals surface area contributed by atoms with E-state index in [2.05, 4.69) is 25.8 Å². The summed E-state index contributed by atoms with van der Waals surface area (Å²) in [6, 6.07) is 3.22. The molecule has 0 N–H and O–H groups in total. The van der Waals surface area contributed by atoms with Crippen LogP contribution in [0.5, 0.6) is 6.01 Å². The largest absolute Gasteiger partial charge is 0.461 e. The monoisotopic (exact) mass is 637 g/mol. The van der Waals surface area contributed by atoms with Crippen LogP contribution in [0.25, 0.3) is 10.9 Å². The van der Waals surface area contributed by atoms with E-state index in [1.807, 2.05) is 25.7 Å². The minimum absolute atomic E-state index is 0.0633. The fourth-order valence-corrected chi connectivity index (χ4v) is 6.61. The number of anilines is 1. The van der Waals surface area contributed by atoms with Gasteiger partial charge in [-0.1, -0.05) is 0 Å². The standard InChI is InChI=1S/C29H38BrF2N5O4/c1-28(2,3)41-27(38)37-12-11-35(15-19(37)16-39-20-5-6-20)25-21-7-8-22(30)23(32)24(21)33-26(34-25)40-17-29-9-4-10-36(29)14-18(31)13-29/h7-8,18-20H,4-6,9-17H2,1-3H3/t18-,19?,29+/m1/s1. The first kappa shape index (κ1) is 28.8. The van der Waals surface area contributed by atoms with Gasteiger partial charge in [-0.3, -0.25) is 9.80 Å². The summed E-state index contributed by atoms with van der Waals surface area (Å²) >= 11 is 3.28. The second-order valence-electron chi connectivity index (χ2n) is 12.8. The Balaban J connectivity index is 1.29. The maximum absolute atomic E-state index is 15.4. The molecule has 224 valence electrons. The van der Waals surface area contributed by atoms with Crippen LogP contribution in [0.3, 0.4) is 0 Å². The van der Waals surface area contributed by atoms with Crippen molar-refractivity contribution in [2.75, 3.05) is 50.8 Å². The molecule has 3 atom stereocenters. The van der Waals surface area contributed by atoms with Gasteiger partial charge in [0.25, 0.3) is 0 Å². The Hall–Kier alpha value is -2.31. The van der Waals surface area contributed by atoms with Crippen molar-refractivity contribution in [2.45, 2.75) is 82.3 Å². The molecule has 2 aromatic rings. The van der Waals surface area contributed by atoms with Crippen LogP contribution < -0.4 is 9.64 Å². The Morgan fingerprint density at radius 1 is 1.17 bits per heavy atom. The van der Waals surface area contributed by atoms with E-state index in [9.17, 15) is 9.18 Å². The summed E-state index contributed by atoms with van der Waals surface area (Å²) in [5.74, 6) is 0.0366. The summed E-state index contributed by atoms with van der Waals surface area (Å²) in [7, 11) is 0. The average Bonchev–Trinajstić information content (AvgIpc) is 3.59. The summed E-state index contributed by atoms with van der Waals surface area (Å²) < 4.78 is 47.9. The van der Waals surface area contributed by atoms with Crippen molar-refractivity contribution in [1.29, 1.82) is 0 Å². The van der Waals surface area contributed by atoms with E-state index in [0.717, 1.165) is 32.2 Å². The van der Waals surface area contributed by atoms with Gasteiger partial charge >= 0.3 is 12.1 Å². The molecule has 9 nitrogen and oxygen atoms in total. The van der Waals surface area contributed by atoms with Crippen LogP contribution in [0, 0.1) is 5.82 Å². The van der Waals surface area contributed by atoms with E-state index in [1.54, 1.807) is 17.0 Å². The maximum Gasteiger partial charge on any atom is 0.410 e. The smallest absolute Gasteiger partial charge is 0.410 e. The molecule has 3 aliphatic heterocycles. The number of fused-ring (bicyclic) bond motifs is 2. The number of hydrogen-bond donors (Lipinski definition) is 0. The molecule has 4 fully saturated rings. The molecule has 4 heterocycles. The van der Waals surface area contributed by atoms with Gasteiger partial charge in [0, 0.05) is 38.0 Å². The lowest BCUT2D eigenvalue weighted by atomic mass is 9.95. The molecule has 0 bridgehead atoms. The van der Waals surface area contributed by atoms with Crippen molar-refractivity contribution in [3.63, 3.8) is 0 Å². The molecular weight excluding hydrogens is 600 g/mol. The number of benzene rings is 1. The average molecular weight is 639 g/mol. The predicted octanol–water partition coefficient (Wildman–Crippen LogP) is 5.09. The summed E-state index contributed by atoms with van der Waals surface area (Å²) in [5.41, 5.74) is -0.848. The Kier molecular flexibility index (Phi) is 7.78. The van der Waals surface area contributed by atoms with Gasteiger partial charge in [-0.15, -0.1) is 0 Å². The van der Waals surface area contributed by atoms with Crippen molar-refractivity contribution < 1.29 is 27.8 Å². The lowest BCUT2D eigenvalue weighted by Gasteiger charge is -2.42. The number of amides is 1. The lowest BCUT2D eigenvalue weighted by molar-refractivity contribution is -0.00391. The Bertz CT molecular complexity index is 1310. The van der Waals surface area contributed by atoms with Crippen LogP contribution >= 0.6 is 15.9 Å². The van der Waals surface area contributed by atoms with Gasteiger partial charge < -0.3 is 19.1 Å². The van der Waals surface area contributed by atoms with Crippen LogP contribution in [-0.2, 0) is 9.47 Å². The first-order valence-corrected chi connectivity index (χ1v) is 15.3. The summed E-state index contributed by atoms with van der Waals surface area (Å²) in [4.78, 5) is 28.3. The molecule has 1 aromatic heterocycles. The number of halogens is 3. The normalized spacial score (nSPS) is 27.0. The number of rotatable bonds is 7. The zero-order valence-corrected chi connectivity index (χ0v) is 25.5. The first-order chi connectivity index (χ1) is 19.5. The van der Waals surface area contributed by atoms with Gasteiger partial charge in [-0.2, -0.15) is 9.97 Å². The molecule has 1 aromatic carbocycles. The van der Waals surface area contributed by atoms with Crippen LogP contribution in [0.1, 0.15) is 52.9 Å². The quantitative estimate of drug-likeness (QED) is 0.415. The Morgan fingerprint density at radius 2 is 1.98 bits per heavy atom. The van der Waals surface area contributed by atoms with E-state index in [0.29, 0.717) is 54.9 Å². The van der Waals surface area contributed by atoms with Gasteiger partial charge in [0.1, 0.15) is 29.7 Å². The molecule has 4 aliphatic rings. The molecule has 1 unspecified atom stereocenters. The number of piperazine rings is 1. The van der Waals surface area contributed by atoms with Crippen molar-refractivity contribution in [3.8, 4) is 6.01 Å². The molecular formula is C29H38BrF2N5O4. The molecule has 0 radical (unpaired) electrons. The molecule has 0 spiro atoms. The van der Waals surface area contributed by atoms with Crippen molar-refractivity contribution >= 4 is 38.7 Å². The van der Waals surface area contributed by atoms with Gasteiger partial charge in [-0.25, -0.2) is 13.6 Å². The lowest BCUT2D eigenvalue weighted by Crippen LogP contribution is -2.58. The molecule has 6 rings (SSSR count). The predicted molar refractivity (Wildman–Crippen MR) is 154 cm³/mol. The third-order valence-electron chi connectivity index (χ3n) is 8.41. The number of ether oxygens (including phenoxy) is 3. The highest BCUT2D eigenvalue weighted by Crippen LogP contribution is 2.41. The maximum atomic E-state index is 15.4. The van der Waals surface area contributed by atoms with E-state index >= 15 is 4.39 Å². The Morgan fingerprint density at radius 3 is 2.73 bits per heavy atom. The summed E-state index contributed by atoms with van der Waals surface area (Å²) in [5, 5.41) is 0.552. The zero-order chi connectivity index (χ0) is 28.9. The third-order valence-corrected chi connectivity index (χ3v) is 9.02. The highest BCUT2D eigenvalue weighted by atomic mass is 79.9. The van der Waals surface area contributed by atoms with Crippen LogP contribution in [-0.4, -0.2) is 101 Å². The summed E-state index contributed by atoms with van der Waals surface area (Å²) in [6.07, 6.45) is 3.28. The van der Waals surface area contributed by atoms with Gasteiger partial charge in [-0.05, 0) is 81.1 Å². The third kappa shape index (κ3) is 6.10. The van der Waals surface area contributed by atoms with Gasteiger partial charge in [0.2, 0.25) is 0 Å². The van der Waals surface area contributed by atoms with Crippen molar-refractivity contribution in [3.05, 3.63) is 22.4 Å². The SMILES string of the molecule is CC(C)(C)OC(=O)N1CCN(c2nc(OC[C@@]34CCCN3C[C@H](F)C4)nc3c(F)c(Br)ccc23)CC1COC1CC1. The fourth-order valence-electron chi connectivity index (χ4n) is 6.29. The first-order valence-electron chi connectivity index (χ1n) is 14.6. The molecule has 1 aliphatic carbocycles. The van der Waals surface area contributed by atoms with E-state index in [-0.39, 0.29) is 41.9 Å². The minimum atomic E-state index is -0.878. The summed E-state index contributed by atoms with van der Waals surface area (Å²) in [6.45, 7) is 8.71. The molecule has 1 saturated carbocycles. The van der Waals surface area contributed by atoms with Crippen LogP contribution in [0.15, 0.2) is 16.6 Å². The number of carbonyl (C=O) groups excluding carboxylic acids is 1. The molecule has 41 heavy (non-hydrogen) atoms.